The molecule has 0 aliphatic rings. The average Bonchev–Trinajstić information content (AvgIpc) is 1.87. The predicted molar refractivity (Wildman–Crippen MR) is 47.7 cm³/mol. The van der Waals surface area contributed by atoms with Crippen molar-refractivity contribution in [2.75, 3.05) is 0 Å². The highest BCUT2D eigenvalue weighted by atomic mass is 13.8. The van der Waals surface area contributed by atoms with Gasteiger partial charge in [-0.25, -0.2) is 0 Å². The molecule has 0 amide bonds. The van der Waals surface area contributed by atoms with Crippen molar-refractivity contribution in [3.8, 4) is 0 Å². The van der Waals surface area contributed by atoms with E-state index >= 15 is 0 Å². The zero-order valence-electron chi connectivity index (χ0n) is 7.02. The van der Waals surface area contributed by atoms with E-state index in [1.165, 1.54) is 11.1 Å². The van der Waals surface area contributed by atoms with E-state index in [-0.39, 0.29) is 0 Å². The molecule has 0 saturated heterocycles. The number of allylic oxidation sites excluding steroid dienone is 6. The van der Waals surface area contributed by atoms with E-state index in [1.807, 2.05) is 25.2 Å². The molecule has 0 unspecified atom stereocenters. The summed E-state index contributed by atoms with van der Waals surface area (Å²) in [5.74, 6) is 0. The van der Waals surface area contributed by atoms with Crippen LogP contribution in [0.1, 0.15) is 20.8 Å². The molecule has 1 radical (unpaired) electrons. The molecule has 0 heterocycles. The highest BCUT2D eigenvalue weighted by Gasteiger charge is 1.74. The van der Waals surface area contributed by atoms with E-state index in [9.17, 15) is 0 Å². The van der Waals surface area contributed by atoms with Gasteiger partial charge in [0, 0.05) is 0 Å². The van der Waals surface area contributed by atoms with Crippen LogP contribution in [0.3, 0.4) is 0 Å². The Bertz CT molecular complexity index is 164. The molecule has 0 N–H and O–H groups in total. The summed E-state index contributed by atoms with van der Waals surface area (Å²) in [5.41, 5.74) is 2.51. The second kappa shape index (κ2) is 5.04. The first-order valence-corrected chi connectivity index (χ1v) is 3.44. The summed E-state index contributed by atoms with van der Waals surface area (Å²) in [6, 6.07) is 0. The molecule has 0 saturated carbocycles. The Kier molecular flexibility index (Phi) is 4.65. The number of hydrogen-bond donors (Lipinski definition) is 0. The van der Waals surface area contributed by atoms with Crippen LogP contribution in [0.5, 0.6) is 0 Å². The van der Waals surface area contributed by atoms with Crippen molar-refractivity contribution in [2.24, 2.45) is 0 Å². The van der Waals surface area contributed by atoms with Crippen LogP contribution in [-0.2, 0) is 0 Å². The van der Waals surface area contributed by atoms with E-state index in [0.29, 0.717) is 0 Å². The summed E-state index contributed by atoms with van der Waals surface area (Å²) >= 11 is 0. The number of hydrogen-bond acceptors (Lipinski definition) is 0. The first kappa shape index (κ1) is 9.22. The Morgan fingerprint density at radius 1 is 1.20 bits per heavy atom. The third kappa shape index (κ3) is 5.36. The summed E-state index contributed by atoms with van der Waals surface area (Å²) in [6.07, 6.45) is 7.99. The van der Waals surface area contributed by atoms with Crippen LogP contribution in [0.4, 0.5) is 0 Å². The first-order valence-electron chi connectivity index (χ1n) is 3.44. The molecule has 0 spiro atoms. The van der Waals surface area contributed by atoms with Gasteiger partial charge in [0.25, 0.3) is 0 Å². The smallest absolute Gasteiger partial charge is 0.0310 e. The summed E-state index contributed by atoms with van der Waals surface area (Å²) in [5, 5.41) is 0. The fraction of sp³-hybridized carbons (Fsp3) is 0.300. The molecule has 0 heteroatoms. The minimum atomic E-state index is 1.19. The lowest BCUT2D eigenvalue weighted by Crippen LogP contribution is -1.64. The maximum absolute atomic E-state index is 3.65. The van der Waals surface area contributed by atoms with Gasteiger partial charge < -0.3 is 0 Å². The molecule has 0 atom stereocenters. The van der Waals surface area contributed by atoms with Crippen LogP contribution in [0, 0.1) is 6.92 Å². The van der Waals surface area contributed by atoms with Gasteiger partial charge in [0.05, 0.1) is 0 Å². The number of rotatable bonds is 2. The van der Waals surface area contributed by atoms with Gasteiger partial charge in [-0.05, 0) is 27.7 Å². The van der Waals surface area contributed by atoms with Crippen molar-refractivity contribution >= 4 is 0 Å². The summed E-state index contributed by atoms with van der Waals surface area (Å²) in [7, 11) is 0. The first-order chi connectivity index (χ1) is 4.66. The van der Waals surface area contributed by atoms with Crippen molar-refractivity contribution in [3.05, 3.63) is 42.4 Å². The molecule has 55 valence electrons. The topological polar surface area (TPSA) is 0 Å². The van der Waals surface area contributed by atoms with Crippen LogP contribution in [-0.4, -0.2) is 0 Å². The molecule has 0 rings (SSSR count). The fourth-order valence-electron chi connectivity index (χ4n) is 0.460. The standard InChI is InChI=1S/C10H15/c1-5-10(4)8-6-7-9(2)3/h5-8H,1H2,2-4H3. The Morgan fingerprint density at radius 2 is 1.80 bits per heavy atom. The van der Waals surface area contributed by atoms with Crippen molar-refractivity contribution in [3.63, 3.8) is 0 Å². The molecule has 0 aliphatic heterocycles. The fourth-order valence-corrected chi connectivity index (χ4v) is 0.460. The molecule has 0 aromatic rings. The van der Waals surface area contributed by atoms with Gasteiger partial charge in [-0.15, -0.1) is 0 Å². The van der Waals surface area contributed by atoms with Crippen molar-refractivity contribution in [2.45, 2.75) is 20.8 Å². The van der Waals surface area contributed by atoms with Crippen LogP contribution in [0.2, 0.25) is 0 Å². The van der Waals surface area contributed by atoms with E-state index in [1.54, 1.807) is 0 Å². The molecule has 0 nitrogen and oxygen atoms in total. The van der Waals surface area contributed by atoms with Gasteiger partial charge in [-0.2, -0.15) is 0 Å². The largest absolute Gasteiger partial charge is 0.0813 e. The van der Waals surface area contributed by atoms with Gasteiger partial charge in [-0.1, -0.05) is 35.5 Å². The minimum absolute atomic E-state index is 1.19. The second-order valence-electron chi connectivity index (χ2n) is 2.55. The average molecular weight is 135 g/mol. The maximum Gasteiger partial charge on any atom is -0.0310 e. The Hall–Kier alpha value is -0.780. The Labute approximate surface area is 64.0 Å². The highest BCUT2D eigenvalue weighted by Crippen LogP contribution is 1.95. The van der Waals surface area contributed by atoms with Crippen molar-refractivity contribution in [1.29, 1.82) is 0 Å². The molecule has 0 aliphatic carbocycles. The SMILES string of the molecule is [CH2]C=C(C)C=CC=C(C)C. The second-order valence-corrected chi connectivity index (χ2v) is 2.55. The molecule has 0 fully saturated rings. The summed E-state index contributed by atoms with van der Waals surface area (Å²) < 4.78 is 0. The minimum Gasteiger partial charge on any atom is -0.0813 e. The van der Waals surface area contributed by atoms with Crippen molar-refractivity contribution < 1.29 is 0 Å². The zero-order valence-corrected chi connectivity index (χ0v) is 7.02. The van der Waals surface area contributed by atoms with Gasteiger partial charge in [-0.3, -0.25) is 0 Å². The summed E-state index contributed by atoms with van der Waals surface area (Å²) in [4.78, 5) is 0. The molecular formula is C10H15. The highest BCUT2D eigenvalue weighted by molar-refractivity contribution is 5.21. The van der Waals surface area contributed by atoms with Crippen LogP contribution in [0.25, 0.3) is 0 Å². The summed E-state index contributed by atoms with van der Waals surface area (Å²) in [6.45, 7) is 9.83. The van der Waals surface area contributed by atoms with E-state index in [2.05, 4.69) is 26.8 Å². The Balaban J connectivity index is 3.90. The van der Waals surface area contributed by atoms with Gasteiger partial charge >= 0.3 is 0 Å². The quantitative estimate of drug-likeness (QED) is 0.510. The van der Waals surface area contributed by atoms with Gasteiger partial charge in [0.15, 0.2) is 0 Å². The van der Waals surface area contributed by atoms with Crippen LogP contribution in [0.15, 0.2) is 35.5 Å². The monoisotopic (exact) mass is 135 g/mol. The van der Waals surface area contributed by atoms with E-state index < -0.39 is 0 Å². The van der Waals surface area contributed by atoms with Crippen molar-refractivity contribution in [1.82, 2.24) is 0 Å². The third-order valence-electron chi connectivity index (χ3n) is 1.11. The molecule has 0 bridgehead atoms. The lowest BCUT2D eigenvalue weighted by molar-refractivity contribution is 1.39. The lowest BCUT2D eigenvalue weighted by Gasteiger charge is -1.85. The molecule has 0 aromatic carbocycles. The normalized spacial score (nSPS) is 12.2. The maximum atomic E-state index is 3.65. The van der Waals surface area contributed by atoms with Gasteiger partial charge in [0.1, 0.15) is 0 Å². The third-order valence-corrected chi connectivity index (χ3v) is 1.11. The zero-order chi connectivity index (χ0) is 7.98. The lowest BCUT2D eigenvalue weighted by atomic mass is 10.2. The van der Waals surface area contributed by atoms with Crippen LogP contribution >= 0.6 is 0 Å². The Morgan fingerprint density at radius 3 is 2.20 bits per heavy atom. The van der Waals surface area contributed by atoms with Gasteiger partial charge in [0.2, 0.25) is 0 Å². The molecular weight excluding hydrogens is 120 g/mol. The van der Waals surface area contributed by atoms with E-state index in [4.69, 9.17) is 0 Å². The molecule has 10 heavy (non-hydrogen) atoms. The van der Waals surface area contributed by atoms with Crippen LogP contribution < -0.4 is 0 Å². The molecule has 0 aromatic heterocycles. The van der Waals surface area contributed by atoms with E-state index in [0.717, 1.165) is 0 Å². The predicted octanol–water partition coefficient (Wildman–Crippen LogP) is 3.29.